The van der Waals surface area contributed by atoms with E-state index in [1.165, 1.54) is 49.5 Å². The molecule has 0 bridgehead atoms. The number of hydrogen-bond donors (Lipinski definition) is 3. The highest BCUT2D eigenvalue weighted by molar-refractivity contribution is 7.89. The minimum atomic E-state index is -4.02. The predicted octanol–water partition coefficient (Wildman–Crippen LogP) is 2.73. The molecule has 0 aliphatic heterocycles. The Bertz CT molecular complexity index is 1290. The lowest BCUT2D eigenvalue weighted by Crippen LogP contribution is -2.40. The second-order valence-corrected chi connectivity index (χ2v) is 9.61. The Morgan fingerprint density at radius 1 is 1.00 bits per heavy atom. The lowest BCUT2D eigenvalue weighted by molar-refractivity contribution is -0.121. The van der Waals surface area contributed by atoms with E-state index < -0.39 is 22.5 Å². The topological polar surface area (TPSA) is 128 Å². The number of benzene rings is 3. The normalized spacial score (nSPS) is 11.5. The van der Waals surface area contributed by atoms with Crippen molar-refractivity contribution in [2.45, 2.75) is 18.2 Å². The lowest BCUT2D eigenvalue weighted by Gasteiger charge is -2.21. The molecule has 2 amide bonds. The van der Waals surface area contributed by atoms with Crippen LogP contribution in [0, 0.1) is 0 Å². The van der Waals surface area contributed by atoms with Crippen molar-refractivity contribution in [2.75, 3.05) is 18.4 Å². The smallest absolute Gasteiger partial charge is 0.255 e. The van der Waals surface area contributed by atoms with Crippen LogP contribution in [0.15, 0.2) is 88.9 Å². The molecule has 3 N–H and O–H groups in total. The first-order chi connectivity index (χ1) is 16.7. The Morgan fingerprint density at radius 2 is 1.71 bits per heavy atom. The van der Waals surface area contributed by atoms with Crippen LogP contribution >= 0.6 is 0 Å². The van der Waals surface area contributed by atoms with E-state index in [1.54, 1.807) is 12.1 Å². The van der Waals surface area contributed by atoms with Gasteiger partial charge in [0.15, 0.2) is 0 Å². The molecular weight excluding hydrogens is 468 g/mol. The van der Waals surface area contributed by atoms with Crippen molar-refractivity contribution >= 4 is 33.7 Å². The third kappa shape index (κ3) is 7.76. The molecule has 0 spiro atoms. The summed E-state index contributed by atoms with van der Waals surface area (Å²) in [5.74, 6) is -0.830. The highest BCUT2D eigenvalue weighted by Gasteiger charge is 2.26. The van der Waals surface area contributed by atoms with E-state index >= 15 is 0 Å². The van der Waals surface area contributed by atoms with Gasteiger partial charge in [-0.3, -0.25) is 9.59 Å². The molecule has 3 aromatic carbocycles. The number of nitrogens with zero attached hydrogens (tertiary/aromatic N) is 2. The highest BCUT2D eigenvalue weighted by atomic mass is 32.2. The summed E-state index contributed by atoms with van der Waals surface area (Å²) in [4.78, 5) is 23.8. The van der Waals surface area contributed by atoms with Crippen molar-refractivity contribution in [2.24, 2.45) is 5.10 Å². The number of phenolic OH excluding ortho intramolecular Hbond substituents is 1. The van der Waals surface area contributed by atoms with Gasteiger partial charge < -0.3 is 10.4 Å². The molecule has 9 nitrogen and oxygen atoms in total. The molecule has 35 heavy (non-hydrogen) atoms. The summed E-state index contributed by atoms with van der Waals surface area (Å²) in [5.41, 5.74) is 4.29. The van der Waals surface area contributed by atoms with Crippen LogP contribution in [0.3, 0.4) is 0 Å². The molecule has 0 saturated heterocycles. The van der Waals surface area contributed by atoms with Crippen molar-refractivity contribution in [3.05, 3.63) is 90.0 Å². The number of carbonyl (C=O) groups is 2. The van der Waals surface area contributed by atoms with Gasteiger partial charge in [0, 0.05) is 19.2 Å². The zero-order valence-corrected chi connectivity index (χ0v) is 19.9. The minimum Gasteiger partial charge on any atom is -0.508 e. The summed E-state index contributed by atoms with van der Waals surface area (Å²) in [6.07, 6.45) is 1.76. The minimum absolute atomic E-state index is 0.00396. The molecule has 182 valence electrons. The Hall–Kier alpha value is -4.02. The maximum atomic E-state index is 13.3. The van der Waals surface area contributed by atoms with Crippen LogP contribution in [0.4, 0.5) is 5.69 Å². The van der Waals surface area contributed by atoms with E-state index in [4.69, 9.17) is 0 Å². The van der Waals surface area contributed by atoms with Crippen LogP contribution in [-0.2, 0) is 26.0 Å². The van der Waals surface area contributed by atoms with E-state index in [2.05, 4.69) is 15.8 Å². The zero-order chi connectivity index (χ0) is 25.3. The molecular formula is C25H26N4O5S. The summed E-state index contributed by atoms with van der Waals surface area (Å²) >= 11 is 0. The van der Waals surface area contributed by atoms with Crippen molar-refractivity contribution in [3.63, 3.8) is 0 Å². The van der Waals surface area contributed by atoms with Gasteiger partial charge in [-0.05, 0) is 53.9 Å². The number of amides is 2. The molecule has 0 fully saturated rings. The molecule has 3 rings (SSSR count). The number of hydrazone groups is 1. The lowest BCUT2D eigenvalue weighted by atomic mass is 10.1. The van der Waals surface area contributed by atoms with Gasteiger partial charge in [-0.2, -0.15) is 9.41 Å². The Morgan fingerprint density at radius 3 is 2.37 bits per heavy atom. The summed E-state index contributed by atoms with van der Waals surface area (Å²) in [5, 5.41) is 15.9. The van der Waals surface area contributed by atoms with Crippen LogP contribution in [0.25, 0.3) is 0 Å². The van der Waals surface area contributed by atoms with Gasteiger partial charge in [0.1, 0.15) is 5.75 Å². The molecule has 0 aliphatic carbocycles. The van der Waals surface area contributed by atoms with Gasteiger partial charge in [0.05, 0.1) is 17.7 Å². The van der Waals surface area contributed by atoms with E-state index in [0.717, 1.165) is 9.87 Å². The predicted molar refractivity (Wildman–Crippen MR) is 133 cm³/mol. The first kappa shape index (κ1) is 25.6. The number of carbonyl (C=O) groups excluding carboxylic acids is 2. The number of sulfonamides is 1. The quantitative estimate of drug-likeness (QED) is 0.295. The van der Waals surface area contributed by atoms with Crippen molar-refractivity contribution < 1.29 is 23.1 Å². The van der Waals surface area contributed by atoms with E-state index in [-0.39, 0.29) is 23.1 Å². The molecule has 3 aromatic rings. The summed E-state index contributed by atoms with van der Waals surface area (Å²) in [6.45, 7) is 0.987. The molecule has 0 atom stereocenters. The average molecular weight is 495 g/mol. The van der Waals surface area contributed by atoms with Crippen LogP contribution < -0.4 is 10.7 Å². The summed E-state index contributed by atoms with van der Waals surface area (Å²) in [6, 6.07) is 21.4. The number of rotatable bonds is 10. The third-order valence-corrected chi connectivity index (χ3v) is 6.76. The SMILES string of the molecule is CC(=O)Nc1ccc(S(=O)(=O)N(CCc2ccccc2)CC(=O)N/N=C\c2cccc(O)c2)cc1. The van der Waals surface area contributed by atoms with Gasteiger partial charge in [-0.15, -0.1) is 0 Å². The van der Waals surface area contributed by atoms with Crippen molar-refractivity contribution in [1.82, 2.24) is 9.73 Å². The number of hydrogen-bond acceptors (Lipinski definition) is 6. The highest BCUT2D eigenvalue weighted by Crippen LogP contribution is 2.19. The summed E-state index contributed by atoms with van der Waals surface area (Å²) < 4.78 is 27.8. The van der Waals surface area contributed by atoms with Gasteiger partial charge >= 0.3 is 0 Å². The Kier molecular flexibility index (Phi) is 8.71. The number of phenols is 1. The van der Waals surface area contributed by atoms with Crippen LogP contribution in [0.5, 0.6) is 5.75 Å². The van der Waals surface area contributed by atoms with Gasteiger partial charge in [-0.1, -0.05) is 42.5 Å². The number of anilines is 1. The van der Waals surface area contributed by atoms with Crippen LogP contribution in [0.1, 0.15) is 18.1 Å². The Balaban J connectivity index is 1.75. The fourth-order valence-electron chi connectivity index (χ4n) is 3.22. The van der Waals surface area contributed by atoms with Crippen molar-refractivity contribution in [3.8, 4) is 5.75 Å². The number of nitrogens with one attached hydrogen (secondary N) is 2. The maximum absolute atomic E-state index is 13.3. The molecule has 0 heterocycles. The second-order valence-electron chi connectivity index (χ2n) is 7.67. The number of aromatic hydroxyl groups is 1. The third-order valence-electron chi connectivity index (χ3n) is 4.90. The van der Waals surface area contributed by atoms with Gasteiger partial charge in [0.2, 0.25) is 15.9 Å². The molecule has 0 aromatic heterocycles. The maximum Gasteiger partial charge on any atom is 0.255 e. The fraction of sp³-hybridized carbons (Fsp3) is 0.160. The molecule has 0 unspecified atom stereocenters. The zero-order valence-electron chi connectivity index (χ0n) is 19.1. The fourth-order valence-corrected chi connectivity index (χ4v) is 4.62. The summed E-state index contributed by atoms with van der Waals surface area (Å²) in [7, 11) is -4.02. The molecule has 0 radical (unpaired) electrons. The molecule has 0 aliphatic rings. The van der Waals surface area contributed by atoms with E-state index in [1.807, 2.05) is 30.3 Å². The average Bonchev–Trinajstić information content (AvgIpc) is 2.82. The van der Waals surface area contributed by atoms with Crippen LogP contribution in [0.2, 0.25) is 0 Å². The monoisotopic (exact) mass is 494 g/mol. The van der Waals surface area contributed by atoms with E-state index in [9.17, 15) is 23.1 Å². The standard InChI is InChI=1S/C25H26N4O5S/c1-19(30)27-22-10-12-24(13-11-22)35(33,34)29(15-14-20-6-3-2-4-7-20)18-25(32)28-26-17-21-8-5-9-23(31)16-21/h2-13,16-17,31H,14-15,18H2,1H3,(H,27,30)(H,28,32)/b26-17-. The molecule has 10 heteroatoms. The molecule has 0 saturated carbocycles. The van der Waals surface area contributed by atoms with Gasteiger partial charge in [0.25, 0.3) is 5.91 Å². The first-order valence-corrected chi connectivity index (χ1v) is 12.2. The van der Waals surface area contributed by atoms with Crippen LogP contribution in [-0.4, -0.2) is 48.9 Å². The van der Waals surface area contributed by atoms with E-state index in [0.29, 0.717) is 17.7 Å². The second kappa shape index (κ2) is 11.9. The first-order valence-electron chi connectivity index (χ1n) is 10.8. The van der Waals surface area contributed by atoms with Gasteiger partial charge in [-0.25, -0.2) is 13.8 Å². The Labute approximate surface area is 204 Å². The van der Waals surface area contributed by atoms with Crippen molar-refractivity contribution in [1.29, 1.82) is 0 Å². The largest absolute Gasteiger partial charge is 0.508 e.